The van der Waals surface area contributed by atoms with Crippen molar-refractivity contribution in [1.82, 2.24) is 0 Å². The Kier molecular flexibility index (Phi) is 5.35. The number of carbonyl (C=O) groups is 1. The number of carboxylic acids is 1. The minimum absolute atomic E-state index is 0.0472. The second-order valence-electron chi connectivity index (χ2n) is 2.24. The fraction of sp³-hybridized carbons (Fsp3) is 0.300. The van der Waals surface area contributed by atoms with Gasteiger partial charge in [-0.05, 0) is 17.7 Å². The zero-order valence-electron chi connectivity index (χ0n) is 7.82. The van der Waals surface area contributed by atoms with Crippen LogP contribution >= 0.6 is 0 Å². The van der Waals surface area contributed by atoms with Crippen LogP contribution < -0.4 is 0 Å². The predicted molar refractivity (Wildman–Crippen MR) is 50.8 cm³/mol. The third-order valence-corrected chi connectivity index (χ3v) is 1.27. The van der Waals surface area contributed by atoms with Crippen molar-refractivity contribution in [2.75, 3.05) is 0 Å². The van der Waals surface area contributed by atoms with Gasteiger partial charge in [-0.2, -0.15) is 0 Å². The highest BCUT2D eigenvalue weighted by atomic mass is 16.4. The molecule has 0 aromatic heterocycles. The first-order chi connectivity index (χ1) is 6.18. The van der Waals surface area contributed by atoms with Gasteiger partial charge in [0, 0.05) is 0 Å². The SMILES string of the molecule is CC.O=C(O)Cc1cccc(O)c1. The number of hydrogen-bond acceptors (Lipinski definition) is 2. The van der Waals surface area contributed by atoms with Gasteiger partial charge in [0.2, 0.25) is 0 Å². The van der Waals surface area contributed by atoms with Gasteiger partial charge in [0.1, 0.15) is 5.75 Å². The van der Waals surface area contributed by atoms with Crippen LogP contribution in [0.2, 0.25) is 0 Å². The highest BCUT2D eigenvalue weighted by Crippen LogP contribution is 2.10. The molecular weight excluding hydrogens is 168 g/mol. The molecule has 0 aliphatic rings. The molecule has 0 aliphatic heterocycles. The van der Waals surface area contributed by atoms with Gasteiger partial charge in [-0.3, -0.25) is 4.79 Å². The minimum atomic E-state index is -0.893. The summed E-state index contributed by atoms with van der Waals surface area (Å²) < 4.78 is 0. The van der Waals surface area contributed by atoms with Crippen molar-refractivity contribution in [2.24, 2.45) is 0 Å². The molecule has 0 saturated carbocycles. The molecule has 0 heterocycles. The van der Waals surface area contributed by atoms with Crippen LogP contribution in [0.15, 0.2) is 24.3 Å². The average Bonchev–Trinajstić information content (AvgIpc) is 2.06. The van der Waals surface area contributed by atoms with Crippen molar-refractivity contribution in [1.29, 1.82) is 0 Å². The number of phenolic OH excluding ortho intramolecular Hbond substituents is 1. The van der Waals surface area contributed by atoms with Gasteiger partial charge >= 0.3 is 5.97 Å². The first kappa shape index (κ1) is 11.5. The van der Waals surface area contributed by atoms with Crippen LogP contribution in [0.1, 0.15) is 19.4 Å². The Morgan fingerprint density at radius 2 is 2.00 bits per heavy atom. The average molecular weight is 182 g/mol. The predicted octanol–water partition coefficient (Wildman–Crippen LogP) is 2.05. The number of aromatic hydroxyl groups is 1. The summed E-state index contributed by atoms with van der Waals surface area (Å²) in [6.07, 6.45) is -0.0472. The quantitative estimate of drug-likeness (QED) is 0.735. The van der Waals surface area contributed by atoms with Crippen molar-refractivity contribution < 1.29 is 15.0 Å². The molecule has 1 aromatic carbocycles. The topological polar surface area (TPSA) is 57.5 Å². The van der Waals surface area contributed by atoms with Gasteiger partial charge in [0.25, 0.3) is 0 Å². The van der Waals surface area contributed by atoms with Crippen LogP contribution in [0.3, 0.4) is 0 Å². The molecule has 2 N–H and O–H groups in total. The van der Waals surface area contributed by atoms with Crippen LogP contribution in [0, 0.1) is 0 Å². The normalized spacial score (nSPS) is 8.46. The van der Waals surface area contributed by atoms with E-state index in [4.69, 9.17) is 10.2 Å². The Morgan fingerprint density at radius 1 is 1.38 bits per heavy atom. The molecule has 0 radical (unpaired) electrons. The summed E-state index contributed by atoms with van der Waals surface area (Å²) in [7, 11) is 0. The molecule has 0 aliphatic carbocycles. The smallest absolute Gasteiger partial charge is 0.307 e. The first-order valence-corrected chi connectivity index (χ1v) is 4.18. The van der Waals surface area contributed by atoms with E-state index in [1.165, 1.54) is 12.1 Å². The summed E-state index contributed by atoms with van der Waals surface area (Å²) in [6.45, 7) is 4.00. The Hall–Kier alpha value is -1.51. The molecule has 1 aromatic rings. The fourth-order valence-electron chi connectivity index (χ4n) is 0.841. The standard InChI is InChI=1S/C8H8O3.C2H6/c9-7-3-1-2-6(4-7)5-8(10)11;1-2/h1-4,9H,5H2,(H,10,11);1-2H3. The molecule has 3 nitrogen and oxygen atoms in total. The molecule has 72 valence electrons. The van der Waals surface area contributed by atoms with E-state index in [2.05, 4.69) is 0 Å². The molecular formula is C10H14O3. The van der Waals surface area contributed by atoms with Crippen LogP contribution in [-0.4, -0.2) is 16.2 Å². The molecule has 0 fully saturated rings. The molecule has 0 unspecified atom stereocenters. The number of phenols is 1. The van der Waals surface area contributed by atoms with E-state index in [9.17, 15) is 4.79 Å². The van der Waals surface area contributed by atoms with E-state index >= 15 is 0 Å². The molecule has 0 spiro atoms. The Labute approximate surface area is 77.6 Å². The summed E-state index contributed by atoms with van der Waals surface area (Å²) in [4.78, 5) is 10.2. The number of benzene rings is 1. The maximum atomic E-state index is 10.2. The zero-order chi connectivity index (χ0) is 10.3. The van der Waals surface area contributed by atoms with Crippen LogP contribution in [0.5, 0.6) is 5.75 Å². The molecule has 0 bridgehead atoms. The maximum Gasteiger partial charge on any atom is 0.307 e. The summed E-state index contributed by atoms with van der Waals surface area (Å²) in [5.41, 5.74) is 0.609. The van der Waals surface area contributed by atoms with Gasteiger partial charge in [-0.15, -0.1) is 0 Å². The van der Waals surface area contributed by atoms with Gasteiger partial charge in [0.05, 0.1) is 6.42 Å². The minimum Gasteiger partial charge on any atom is -0.508 e. The van der Waals surface area contributed by atoms with Crippen LogP contribution in [0.25, 0.3) is 0 Å². The lowest BCUT2D eigenvalue weighted by Gasteiger charge is -1.96. The lowest BCUT2D eigenvalue weighted by molar-refractivity contribution is -0.136. The van der Waals surface area contributed by atoms with E-state index < -0.39 is 5.97 Å². The van der Waals surface area contributed by atoms with Crippen molar-refractivity contribution in [2.45, 2.75) is 20.3 Å². The van der Waals surface area contributed by atoms with Crippen LogP contribution in [0.4, 0.5) is 0 Å². The van der Waals surface area contributed by atoms with E-state index in [-0.39, 0.29) is 12.2 Å². The zero-order valence-corrected chi connectivity index (χ0v) is 7.82. The number of hydrogen-bond donors (Lipinski definition) is 2. The van der Waals surface area contributed by atoms with Crippen molar-refractivity contribution in [3.05, 3.63) is 29.8 Å². The van der Waals surface area contributed by atoms with E-state index in [1.54, 1.807) is 12.1 Å². The first-order valence-electron chi connectivity index (χ1n) is 4.18. The summed E-state index contributed by atoms with van der Waals surface area (Å²) in [6, 6.07) is 6.22. The Morgan fingerprint density at radius 3 is 2.46 bits per heavy atom. The van der Waals surface area contributed by atoms with Gasteiger partial charge in [-0.1, -0.05) is 26.0 Å². The van der Waals surface area contributed by atoms with Gasteiger partial charge in [0.15, 0.2) is 0 Å². The van der Waals surface area contributed by atoms with E-state index in [0.29, 0.717) is 5.56 Å². The van der Waals surface area contributed by atoms with Gasteiger partial charge in [-0.25, -0.2) is 0 Å². The van der Waals surface area contributed by atoms with Gasteiger partial charge < -0.3 is 10.2 Å². The molecule has 13 heavy (non-hydrogen) atoms. The molecule has 3 heteroatoms. The lowest BCUT2D eigenvalue weighted by Crippen LogP contribution is -1.99. The molecule has 1 rings (SSSR count). The maximum absolute atomic E-state index is 10.2. The summed E-state index contributed by atoms with van der Waals surface area (Å²) in [5.74, 6) is -0.792. The number of rotatable bonds is 2. The van der Waals surface area contributed by atoms with Crippen molar-refractivity contribution in [3.8, 4) is 5.75 Å². The summed E-state index contributed by atoms with van der Waals surface area (Å²) >= 11 is 0. The highest BCUT2D eigenvalue weighted by Gasteiger charge is 1.99. The third kappa shape index (κ3) is 4.85. The molecule has 0 atom stereocenters. The fourth-order valence-corrected chi connectivity index (χ4v) is 0.841. The molecule has 0 saturated heterocycles. The second kappa shape index (κ2) is 6.06. The Balaban J connectivity index is 0.000000671. The van der Waals surface area contributed by atoms with E-state index in [0.717, 1.165) is 0 Å². The largest absolute Gasteiger partial charge is 0.508 e. The number of carboxylic acid groups (broad SMARTS) is 1. The second-order valence-corrected chi connectivity index (χ2v) is 2.24. The monoisotopic (exact) mass is 182 g/mol. The highest BCUT2D eigenvalue weighted by molar-refractivity contribution is 5.70. The molecule has 0 amide bonds. The lowest BCUT2D eigenvalue weighted by atomic mass is 10.1. The number of aliphatic carboxylic acids is 1. The third-order valence-electron chi connectivity index (χ3n) is 1.27. The Bertz CT molecular complexity index is 269. The van der Waals surface area contributed by atoms with Crippen LogP contribution in [-0.2, 0) is 11.2 Å². The van der Waals surface area contributed by atoms with E-state index in [1.807, 2.05) is 13.8 Å². The van der Waals surface area contributed by atoms with Crippen molar-refractivity contribution in [3.63, 3.8) is 0 Å². The summed E-state index contributed by atoms with van der Waals surface area (Å²) in [5, 5.41) is 17.3. The van der Waals surface area contributed by atoms with Crippen molar-refractivity contribution >= 4 is 5.97 Å².